The standard InChI is InChI=1S/C16H16F3N3O/c1-4-11(3)22-23-13-9-14(16(17,18)19)20-21-15(13)12-7-5-10(2)6-8-12/h5-9H,4H2,1-3H3/b22-11+. The number of halogens is 3. The van der Waals surface area contributed by atoms with Crippen molar-refractivity contribution in [1.29, 1.82) is 0 Å². The van der Waals surface area contributed by atoms with Crippen molar-refractivity contribution in [2.75, 3.05) is 0 Å². The lowest BCUT2D eigenvalue weighted by atomic mass is 10.1. The van der Waals surface area contributed by atoms with Crippen LogP contribution in [0.25, 0.3) is 11.3 Å². The first kappa shape index (κ1) is 16.9. The van der Waals surface area contributed by atoms with Crippen LogP contribution in [0.2, 0.25) is 0 Å². The highest BCUT2D eigenvalue weighted by atomic mass is 19.4. The molecule has 1 heterocycles. The van der Waals surface area contributed by atoms with Gasteiger partial charge in [-0.25, -0.2) is 0 Å². The molecule has 122 valence electrons. The van der Waals surface area contributed by atoms with E-state index in [9.17, 15) is 13.2 Å². The normalized spacial score (nSPS) is 12.3. The van der Waals surface area contributed by atoms with Gasteiger partial charge in [-0.15, -0.1) is 10.2 Å². The van der Waals surface area contributed by atoms with Gasteiger partial charge in [0.2, 0.25) is 0 Å². The molecule has 0 saturated carbocycles. The van der Waals surface area contributed by atoms with Gasteiger partial charge in [0.15, 0.2) is 11.4 Å². The Labute approximate surface area is 132 Å². The molecule has 0 atom stereocenters. The Morgan fingerprint density at radius 1 is 1.17 bits per heavy atom. The van der Waals surface area contributed by atoms with E-state index in [0.717, 1.165) is 11.6 Å². The van der Waals surface area contributed by atoms with Crippen molar-refractivity contribution in [3.63, 3.8) is 0 Å². The van der Waals surface area contributed by atoms with E-state index in [-0.39, 0.29) is 11.4 Å². The second-order valence-electron chi connectivity index (χ2n) is 5.08. The molecule has 4 nitrogen and oxygen atoms in total. The molecule has 0 aliphatic heterocycles. The minimum atomic E-state index is -4.60. The van der Waals surface area contributed by atoms with Crippen LogP contribution in [0, 0.1) is 6.92 Å². The van der Waals surface area contributed by atoms with Crippen LogP contribution in [0.4, 0.5) is 13.2 Å². The molecule has 0 bridgehead atoms. The number of nitrogens with zero attached hydrogens (tertiary/aromatic N) is 3. The van der Waals surface area contributed by atoms with E-state index in [0.29, 0.717) is 17.7 Å². The van der Waals surface area contributed by atoms with Crippen molar-refractivity contribution < 1.29 is 18.0 Å². The Morgan fingerprint density at radius 3 is 2.39 bits per heavy atom. The molecule has 23 heavy (non-hydrogen) atoms. The summed E-state index contributed by atoms with van der Waals surface area (Å²) in [6.45, 7) is 5.51. The topological polar surface area (TPSA) is 47.4 Å². The summed E-state index contributed by atoms with van der Waals surface area (Å²) >= 11 is 0. The lowest BCUT2D eigenvalue weighted by Gasteiger charge is -2.10. The number of oxime groups is 1. The molecular weight excluding hydrogens is 307 g/mol. The third kappa shape index (κ3) is 4.28. The van der Waals surface area contributed by atoms with Gasteiger partial charge in [0.1, 0.15) is 5.69 Å². The molecular formula is C16H16F3N3O. The van der Waals surface area contributed by atoms with Crippen molar-refractivity contribution in [2.45, 2.75) is 33.4 Å². The van der Waals surface area contributed by atoms with Crippen LogP contribution >= 0.6 is 0 Å². The number of aryl methyl sites for hydroxylation is 1. The van der Waals surface area contributed by atoms with E-state index in [2.05, 4.69) is 15.4 Å². The molecule has 1 aromatic heterocycles. The maximum Gasteiger partial charge on any atom is 0.435 e. The molecule has 0 aliphatic carbocycles. The Hall–Kier alpha value is -2.44. The van der Waals surface area contributed by atoms with E-state index in [1.165, 1.54) is 0 Å². The van der Waals surface area contributed by atoms with Gasteiger partial charge in [0.25, 0.3) is 0 Å². The lowest BCUT2D eigenvalue weighted by Crippen LogP contribution is -2.10. The van der Waals surface area contributed by atoms with Gasteiger partial charge in [-0.1, -0.05) is 41.9 Å². The van der Waals surface area contributed by atoms with E-state index in [4.69, 9.17) is 4.84 Å². The minimum absolute atomic E-state index is 0.0796. The molecule has 2 rings (SSSR count). The molecule has 0 fully saturated rings. The summed E-state index contributed by atoms with van der Waals surface area (Å²) in [6.07, 6.45) is -3.97. The highest BCUT2D eigenvalue weighted by Crippen LogP contribution is 2.34. The third-order valence-electron chi connectivity index (χ3n) is 3.19. The van der Waals surface area contributed by atoms with Crippen molar-refractivity contribution in [3.8, 4) is 17.0 Å². The molecule has 0 saturated heterocycles. The summed E-state index contributed by atoms with van der Waals surface area (Å²) in [6, 6.07) is 7.97. The fourth-order valence-electron chi connectivity index (χ4n) is 1.69. The smallest absolute Gasteiger partial charge is 0.355 e. The van der Waals surface area contributed by atoms with E-state index in [1.54, 1.807) is 19.1 Å². The molecule has 1 aromatic carbocycles. The van der Waals surface area contributed by atoms with E-state index >= 15 is 0 Å². The van der Waals surface area contributed by atoms with Crippen LogP contribution in [0.5, 0.6) is 5.75 Å². The maximum absolute atomic E-state index is 12.8. The van der Waals surface area contributed by atoms with Crippen molar-refractivity contribution >= 4 is 5.71 Å². The summed E-state index contributed by atoms with van der Waals surface area (Å²) in [7, 11) is 0. The summed E-state index contributed by atoms with van der Waals surface area (Å²) in [5, 5.41) is 10.8. The minimum Gasteiger partial charge on any atom is -0.355 e. The predicted molar refractivity (Wildman–Crippen MR) is 81.2 cm³/mol. The highest BCUT2D eigenvalue weighted by molar-refractivity contribution is 5.81. The second-order valence-corrected chi connectivity index (χ2v) is 5.08. The van der Waals surface area contributed by atoms with Crippen LogP contribution in [0.15, 0.2) is 35.5 Å². The predicted octanol–water partition coefficient (Wildman–Crippen LogP) is 4.64. The SMILES string of the molecule is CC/C(C)=N/Oc1cc(C(F)(F)F)nnc1-c1ccc(C)cc1. The van der Waals surface area contributed by atoms with Crippen LogP contribution in [-0.2, 0) is 6.18 Å². The molecule has 0 N–H and O–H groups in total. The quantitative estimate of drug-likeness (QED) is 0.608. The Kier molecular flexibility index (Phi) is 4.98. The van der Waals surface area contributed by atoms with Gasteiger partial charge in [-0.3, -0.25) is 0 Å². The molecule has 0 unspecified atom stereocenters. The van der Waals surface area contributed by atoms with Crippen LogP contribution in [0.1, 0.15) is 31.5 Å². The van der Waals surface area contributed by atoms with Gasteiger partial charge in [0.05, 0.1) is 5.71 Å². The molecule has 0 spiro atoms. The Bertz CT molecular complexity index is 710. The third-order valence-corrected chi connectivity index (χ3v) is 3.19. The first-order valence-electron chi connectivity index (χ1n) is 7.03. The van der Waals surface area contributed by atoms with Crippen molar-refractivity contribution in [3.05, 3.63) is 41.6 Å². The lowest BCUT2D eigenvalue weighted by molar-refractivity contribution is -0.141. The van der Waals surface area contributed by atoms with Gasteiger partial charge in [-0.2, -0.15) is 13.2 Å². The number of hydrogen-bond donors (Lipinski definition) is 0. The summed E-state index contributed by atoms with van der Waals surface area (Å²) < 4.78 is 38.5. The first-order chi connectivity index (χ1) is 10.8. The van der Waals surface area contributed by atoms with Crippen LogP contribution in [0.3, 0.4) is 0 Å². The van der Waals surface area contributed by atoms with Gasteiger partial charge in [-0.05, 0) is 20.3 Å². The van der Waals surface area contributed by atoms with Crippen molar-refractivity contribution in [2.24, 2.45) is 5.16 Å². The second kappa shape index (κ2) is 6.76. The fraction of sp³-hybridized carbons (Fsp3) is 0.312. The Balaban J connectivity index is 2.50. The number of aromatic nitrogens is 2. The zero-order chi connectivity index (χ0) is 17.0. The average Bonchev–Trinajstić information content (AvgIpc) is 2.52. The first-order valence-corrected chi connectivity index (χ1v) is 7.03. The van der Waals surface area contributed by atoms with Gasteiger partial charge in [0, 0.05) is 11.6 Å². The largest absolute Gasteiger partial charge is 0.435 e. The van der Waals surface area contributed by atoms with Crippen LogP contribution < -0.4 is 4.84 Å². The van der Waals surface area contributed by atoms with E-state index < -0.39 is 11.9 Å². The maximum atomic E-state index is 12.8. The zero-order valence-corrected chi connectivity index (χ0v) is 13.0. The number of hydrogen-bond acceptors (Lipinski definition) is 4. The molecule has 7 heteroatoms. The molecule has 0 radical (unpaired) electrons. The Morgan fingerprint density at radius 2 is 1.83 bits per heavy atom. The summed E-state index contributed by atoms with van der Waals surface area (Å²) in [5.41, 5.74) is 1.38. The molecule has 0 aliphatic rings. The van der Waals surface area contributed by atoms with Crippen molar-refractivity contribution in [1.82, 2.24) is 10.2 Å². The van der Waals surface area contributed by atoms with Crippen LogP contribution in [-0.4, -0.2) is 15.9 Å². The fourth-order valence-corrected chi connectivity index (χ4v) is 1.69. The number of alkyl halides is 3. The van der Waals surface area contributed by atoms with E-state index in [1.807, 2.05) is 26.0 Å². The summed E-state index contributed by atoms with van der Waals surface area (Å²) in [4.78, 5) is 5.20. The summed E-state index contributed by atoms with van der Waals surface area (Å²) in [5.74, 6) is -0.0796. The van der Waals surface area contributed by atoms with Gasteiger partial charge < -0.3 is 4.84 Å². The highest BCUT2D eigenvalue weighted by Gasteiger charge is 2.34. The zero-order valence-electron chi connectivity index (χ0n) is 13.0. The van der Waals surface area contributed by atoms with Gasteiger partial charge >= 0.3 is 6.18 Å². The number of benzene rings is 1. The number of rotatable bonds is 4. The molecule has 0 amide bonds. The average molecular weight is 323 g/mol. The molecule has 2 aromatic rings. The monoisotopic (exact) mass is 323 g/mol.